The first-order valence-corrected chi connectivity index (χ1v) is 5.85. The standard InChI is InChI=1S/C13H15N3O4/c1-19-8-3-4-10(12(5-8)20-2)16-13(18)6-11(17)9(7-14)15-16/h3-6,17H,7,14H2,1-2H3. The zero-order valence-electron chi connectivity index (χ0n) is 11.2. The van der Waals surface area contributed by atoms with Crippen LogP contribution in [-0.4, -0.2) is 29.1 Å². The van der Waals surface area contributed by atoms with Gasteiger partial charge in [0.1, 0.15) is 28.6 Å². The Labute approximate surface area is 115 Å². The molecular weight excluding hydrogens is 262 g/mol. The summed E-state index contributed by atoms with van der Waals surface area (Å²) in [6.45, 7) is 0.0184. The predicted molar refractivity (Wildman–Crippen MR) is 72.5 cm³/mol. The van der Waals surface area contributed by atoms with Gasteiger partial charge in [-0.05, 0) is 12.1 Å². The third-order valence-corrected chi connectivity index (χ3v) is 2.79. The Morgan fingerprint density at radius 1 is 1.30 bits per heavy atom. The first-order valence-electron chi connectivity index (χ1n) is 5.85. The summed E-state index contributed by atoms with van der Waals surface area (Å²) in [5.74, 6) is 0.797. The van der Waals surface area contributed by atoms with E-state index < -0.39 is 5.56 Å². The Balaban J connectivity index is 2.65. The molecule has 0 spiro atoms. The molecule has 0 amide bonds. The molecule has 0 fully saturated rings. The zero-order chi connectivity index (χ0) is 14.7. The number of methoxy groups -OCH3 is 2. The van der Waals surface area contributed by atoms with Gasteiger partial charge in [-0.15, -0.1) is 0 Å². The van der Waals surface area contributed by atoms with Crippen LogP contribution in [0.3, 0.4) is 0 Å². The molecule has 0 radical (unpaired) electrons. The quantitative estimate of drug-likeness (QED) is 0.840. The van der Waals surface area contributed by atoms with Gasteiger partial charge < -0.3 is 20.3 Å². The number of benzene rings is 1. The molecule has 0 bridgehead atoms. The summed E-state index contributed by atoms with van der Waals surface area (Å²) in [6.07, 6.45) is 0. The minimum Gasteiger partial charge on any atom is -0.506 e. The summed E-state index contributed by atoms with van der Waals surface area (Å²) in [6, 6.07) is 6.03. The fourth-order valence-corrected chi connectivity index (χ4v) is 1.76. The van der Waals surface area contributed by atoms with Gasteiger partial charge in [-0.3, -0.25) is 4.79 Å². The summed E-state index contributed by atoms with van der Waals surface area (Å²) in [5.41, 5.74) is 5.65. The van der Waals surface area contributed by atoms with Gasteiger partial charge in [0.25, 0.3) is 5.56 Å². The van der Waals surface area contributed by atoms with E-state index in [1.807, 2.05) is 0 Å². The number of aromatic hydroxyl groups is 1. The van der Waals surface area contributed by atoms with Crippen molar-refractivity contribution >= 4 is 0 Å². The van der Waals surface area contributed by atoms with Crippen LogP contribution in [0.4, 0.5) is 0 Å². The van der Waals surface area contributed by atoms with Crippen LogP contribution < -0.4 is 20.8 Å². The molecule has 1 aromatic carbocycles. The highest BCUT2D eigenvalue weighted by molar-refractivity contribution is 5.50. The van der Waals surface area contributed by atoms with E-state index in [2.05, 4.69) is 5.10 Å². The molecule has 7 heteroatoms. The molecule has 0 aliphatic rings. The monoisotopic (exact) mass is 277 g/mol. The fraction of sp³-hybridized carbons (Fsp3) is 0.231. The Hall–Kier alpha value is -2.54. The molecule has 0 saturated heterocycles. The highest BCUT2D eigenvalue weighted by atomic mass is 16.5. The average molecular weight is 277 g/mol. The van der Waals surface area contributed by atoms with Crippen molar-refractivity contribution in [3.05, 3.63) is 40.3 Å². The van der Waals surface area contributed by atoms with Gasteiger partial charge in [0.05, 0.1) is 14.2 Å². The van der Waals surface area contributed by atoms with Crippen LogP contribution in [0, 0.1) is 0 Å². The molecule has 0 aliphatic heterocycles. The number of hydrogen-bond acceptors (Lipinski definition) is 6. The lowest BCUT2D eigenvalue weighted by atomic mass is 10.2. The summed E-state index contributed by atoms with van der Waals surface area (Å²) in [7, 11) is 3.01. The molecule has 20 heavy (non-hydrogen) atoms. The third-order valence-electron chi connectivity index (χ3n) is 2.79. The van der Waals surface area contributed by atoms with Crippen LogP contribution in [0.25, 0.3) is 5.69 Å². The van der Waals surface area contributed by atoms with Crippen LogP contribution in [0.2, 0.25) is 0 Å². The Morgan fingerprint density at radius 2 is 2.05 bits per heavy atom. The average Bonchev–Trinajstić information content (AvgIpc) is 2.47. The number of nitrogens with zero attached hydrogens (tertiary/aromatic N) is 2. The normalized spacial score (nSPS) is 10.3. The highest BCUT2D eigenvalue weighted by Crippen LogP contribution is 2.26. The Morgan fingerprint density at radius 3 is 2.65 bits per heavy atom. The second-order valence-electron chi connectivity index (χ2n) is 3.97. The lowest BCUT2D eigenvalue weighted by molar-refractivity contribution is 0.391. The van der Waals surface area contributed by atoms with E-state index in [-0.39, 0.29) is 18.0 Å². The van der Waals surface area contributed by atoms with E-state index in [4.69, 9.17) is 15.2 Å². The molecular formula is C13H15N3O4. The molecule has 0 unspecified atom stereocenters. The highest BCUT2D eigenvalue weighted by Gasteiger charge is 2.13. The van der Waals surface area contributed by atoms with Gasteiger partial charge in [-0.25, -0.2) is 0 Å². The van der Waals surface area contributed by atoms with Gasteiger partial charge in [-0.1, -0.05) is 0 Å². The minimum absolute atomic E-state index is 0.0184. The predicted octanol–water partition coefficient (Wildman–Crippen LogP) is 0.414. The lowest BCUT2D eigenvalue weighted by Gasteiger charge is -2.12. The van der Waals surface area contributed by atoms with Crippen molar-refractivity contribution in [3.63, 3.8) is 0 Å². The van der Waals surface area contributed by atoms with Crippen LogP contribution in [0.1, 0.15) is 5.69 Å². The molecule has 106 valence electrons. The molecule has 0 saturated carbocycles. The van der Waals surface area contributed by atoms with Crippen LogP contribution in [-0.2, 0) is 6.54 Å². The molecule has 0 aliphatic carbocycles. The third kappa shape index (κ3) is 2.43. The first-order chi connectivity index (χ1) is 9.60. The van der Waals surface area contributed by atoms with Crippen molar-refractivity contribution in [2.75, 3.05) is 14.2 Å². The molecule has 1 heterocycles. The van der Waals surface area contributed by atoms with Gasteiger partial charge in [0, 0.05) is 18.7 Å². The molecule has 2 rings (SSSR count). The van der Waals surface area contributed by atoms with E-state index in [1.54, 1.807) is 18.2 Å². The van der Waals surface area contributed by atoms with Crippen molar-refractivity contribution in [2.45, 2.75) is 6.54 Å². The van der Waals surface area contributed by atoms with Crippen LogP contribution in [0.15, 0.2) is 29.1 Å². The van der Waals surface area contributed by atoms with Crippen LogP contribution in [0.5, 0.6) is 17.2 Å². The molecule has 0 atom stereocenters. The van der Waals surface area contributed by atoms with E-state index in [0.29, 0.717) is 17.2 Å². The van der Waals surface area contributed by atoms with Gasteiger partial charge >= 0.3 is 0 Å². The number of ether oxygens (including phenoxy) is 2. The maximum atomic E-state index is 11.9. The summed E-state index contributed by atoms with van der Waals surface area (Å²) in [4.78, 5) is 11.9. The van der Waals surface area contributed by atoms with Crippen molar-refractivity contribution in [1.29, 1.82) is 0 Å². The summed E-state index contributed by atoms with van der Waals surface area (Å²) < 4.78 is 11.4. The second-order valence-corrected chi connectivity index (χ2v) is 3.97. The van der Waals surface area contributed by atoms with Crippen molar-refractivity contribution in [1.82, 2.24) is 9.78 Å². The van der Waals surface area contributed by atoms with Crippen molar-refractivity contribution in [2.24, 2.45) is 5.73 Å². The summed E-state index contributed by atoms with van der Waals surface area (Å²) >= 11 is 0. The number of aromatic nitrogens is 2. The van der Waals surface area contributed by atoms with Crippen LogP contribution >= 0.6 is 0 Å². The number of nitrogens with two attached hydrogens (primary N) is 1. The maximum Gasteiger partial charge on any atom is 0.275 e. The summed E-state index contributed by atoms with van der Waals surface area (Å²) in [5, 5.41) is 13.6. The molecule has 3 N–H and O–H groups in total. The Kier molecular flexibility index (Phi) is 3.90. The first kappa shape index (κ1) is 13.9. The SMILES string of the molecule is COc1ccc(-n2nc(CN)c(O)cc2=O)c(OC)c1. The molecule has 2 aromatic rings. The van der Waals surface area contributed by atoms with E-state index in [0.717, 1.165) is 10.7 Å². The maximum absolute atomic E-state index is 11.9. The lowest BCUT2D eigenvalue weighted by Crippen LogP contribution is -2.23. The van der Waals surface area contributed by atoms with Crippen molar-refractivity contribution in [3.8, 4) is 22.9 Å². The zero-order valence-corrected chi connectivity index (χ0v) is 11.2. The largest absolute Gasteiger partial charge is 0.506 e. The van der Waals surface area contributed by atoms with Crippen molar-refractivity contribution < 1.29 is 14.6 Å². The van der Waals surface area contributed by atoms with E-state index in [1.165, 1.54) is 14.2 Å². The topological polar surface area (TPSA) is 99.6 Å². The molecule has 1 aromatic heterocycles. The van der Waals surface area contributed by atoms with E-state index >= 15 is 0 Å². The van der Waals surface area contributed by atoms with Gasteiger partial charge in [0.2, 0.25) is 0 Å². The van der Waals surface area contributed by atoms with Gasteiger partial charge in [0.15, 0.2) is 0 Å². The smallest absolute Gasteiger partial charge is 0.275 e. The fourth-order valence-electron chi connectivity index (χ4n) is 1.76. The molecule has 7 nitrogen and oxygen atoms in total. The van der Waals surface area contributed by atoms with Gasteiger partial charge in [-0.2, -0.15) is 9.78 Å². The number of hydrogen-bond donors (Lipinski definition) is 2. The Bertz CT molecular complexity index is 682. The minimum atomic E-state index is -0.483. The second kappa shape index (κ2) is 5.62. The van der Waals surface area contributed by atoms with E-state index in [9.17, 15) is 9.90 Å². The number of rotatable bonds is 4.